The van der Waals surface area contributed by atoms with Crippen LogP contribution in [0.2, 0.25) is 5.02 Å². The third-order valence-electron chi connectivity index (χ3n) is 8.15. The molecule has 1 aromatic carbocycles. The molecule has 2 amide bonds. The zero-order valence-electron chi connectivity index (χ0n) is 26.0. The summed E-state index contributed by atoms with van der Waals surface area (Å²) in [6, 6.07) is 3.70. The van der Waals surface area contributed by atoms with Crippen molar-refractivity contribution < 1.29 is 22.7 Å². The van der Waals surface area contributed by atoms with Crippen LogP contribution in [-0.4, -0.2) is 82.7 Å². The van der Waals surface area contributed by atoms with E-state index in [1.807, 2.05) is 29.7 Å². The molecule has 1 saturated heterocycles. The molecule has 1 aliphatic carbocycles. The number of rotatable bonds is 10. The van der Waals surface area contributed by atoms with Gasteiger partial charge >= 0.3 is 0 Å². The number of primary amides is 1. The number of nitrogens with one attached hydrogen (secondary N) is 1. The van der Waals surface area contributed by atoms with Gasteiger partial charge in [-0.3, -0.25) is 14.5 Å². The van der Waals surface area contributed by atoms with E-state index in [0.717, 1.165) is 24.8 Å². The van der Waals surface area contributed by atoms with Crippen molar-refractivity contribution in [1.29, 1.82) is 0 Å². The number of halogens is 1. The first-order chi connectivity index (χ1) is 21.3. The molecular weight excluding hydrogens is 618 g/mol. The number of carbonyl (C=O) groups excluding carboxylic acids is 2. The summed E-state index contributed by atoms with van der Waals surface area (Å²) in [5.41, 5.74) is 7.73. The van der Waals surface area contributed by atoms with Crippen LogP contribution in [0.15, 0.2) is 34.3 Å². The van der Waals surface area contributed by atoms with Gasteiger partial charge in [0.15, 0.2) is 15.7 Å². The summed E-state index contributed by atoms with van der Waals surface area (Å²) in [7, 11) is -3.53. The molecule has 0 unspecified atom stereocenters. The molecule has 3 heterocycles. The number of aromatic nitrogens is 2. The minimum Gasteiger partial charge on any atom is -0.489 e. The predicted octanol–water partition coefficient (Wildman–Crippen LogP) is 4.53. The molecule has 0 atom stereocenters. The van der Waals surface area contributed by atoms with Crippen LogP contribution in [0.1, 0.15) is 75.7 Å². The van der Waals surface area contributed by atoms with Gasteiger partial charge in [0.25, 0.3) is 5.91 Å². The Morgan fingerprint density at radius 3 is 2.62 bits per heavy atom. The van der Waals surface area contributed by atoms with E-state index >= 15 is 0 Å². The third-order valence-corrected chi connectivity index (χ3v) is 10.7. The number of likely N-dealkylation sites (tertiary alicyclic amines) is 1. The molecule has 45 heavy (non-hydrogen) atoms. The number of carbonyl (C=O) groups is 2. The van der Waals surface area contributed by atoms with Gasteiger partial charge in [-0.25, -0.2) is 18.4 Å². The first kappa shape index (κ1) is 32.8. The molecule has 12 nitrogen and oxygen atoms in total. The Kier molecular flexibility index (Phi) is 9.80. The second kappa shape index (κ2) is 13.4. The fraction of sp³-hybridized carbons (Fsp3) is 0.516. The molecule has 5 rings (SSSR count). The lowest BCUT2D eigenvalue weighted by atomic mass is 10.0. The average Bonchev–Trinajstić information content (AvgIpc) is 3.29. The van der Waals surface area contributed by atoms with Crippen LogP contribution in [0.5, 0.6) is 5.75 Å². The Bertz CT molecular complexity index is 1650. The normalized spacial score (nSPS) is 18.9. The molecule has 242 valence electrons. The lowest BCUT2D eigenvalue weighted by Gasteiger charge is -2.36. The Morgan fingerprint density at radius 2 is 1.96 bits per heavy atom. The van der Waals surface area contributed by atoms with Crippen LogP contribution in [-0.2, 0) is 21.2 Å². The number of fused-ring (bicyclic) bond motifs is 1. The fourth-order valence-corrected chi connectivity index (χ4v) is 7.32. The van der Waals surface area contributed by atoms with Gasteiger partial charge in [0.2, 0.25) is 11.9 Å². The first-order valence-electron chi connectivity index (χ1n) is 15.3. The van der Waals surface area contributed by atoms with Crippen LogP contribution in [0.25, 0.3) is 0 Å². The average molecular weight is 658 g/mol. The summed E-state index contributed by atoms with van der Waals surface area (Å²) in [6.07, 6.45) is 6.42. The van der Waals surface area contributed by atoms with Crippen molar-refractivity contribution in [3.8, 4) is 5.75 Å². The summed E-state index contributed by atoms with van der Waals surface area (Å²) in [6.45, 7) is 9.22. The molecule has 0 spiro atoms. The van der Waals surface area contributed by atoms with Crippen molar-refractivity contribution in [3.05, 3.63) is 45.5 Å². The lowest BCUT2D eigenvalue weighted by Crippen LogP contribution is -2.47. The molecule has 2 aromatic rings. The number of benzene rings is 1. The maximum absolute atomic E-state index is 13.6. The van der Waals surface area contributed by atoms with E-state index in [1.165, 1.54) is 6.20 Å². The number of hydrogen-bond acceptors (Lipinski definition) is 10. The van der Waals surface area contributed by atoms with Crippen molar-refractivity contribution in [2.75, 3.05) is 25.0 Å². The van der Waals surface area contributed by atoms with Crippen LogP contribution in [0.4, 0.5) is 17.5 Å². The lowest BCUT2D eigenvalue weighted by molar-refractivity contribution is -0.119. The van der Waals surface area contributed by atoms with E-state index in [9.17, 15) is 18.0 Å². The Labute approximate surface area is 269 Å². The smallest absolute Gasteiger partial charge is 0.254 e. The Hall–Kier alpha value is -3.55. The van der Waals surface area contributed by atoms with Crippen molar-refractivity contribution in [2.24, 2.45) is 10.7 Å². The van der Waals surface area contributed by atoms with Gasteiger partial charge in [0.05, 0.1) is 40.4 Å². The number of allylic oxidation sites excluding steroid dienone is 2. The van der Waals surface area contributed by atoms with E-state index in [2.05, 4.69) is 20.3 Å². The molecule has 3 N–H and O–H groups in total. The second-order valence-electron chi connectivity index (χ2n) is 12.2. The summed E-state index contributed by atoms with van der Waals surface area (Å²) in [5.74, 6) is 0.443. The van der Waals surface area contributed by atoms with Crippen LogP contribution in [0.3, 0.4) is 0 Å². The number of piperidine rings is 1. The van der Waals surface area contributed by atoms with Gasteiger partial charge in [-0.2, -0.15) is 4.98 Å². The number of anilines is 2. The second-order valence-corrected chi connectivity index (χ2v) is 15.1. The molecule has 0 saturated carbocycles. The Morgan fingerprint density at radius 1 is 1.22 bits per heavy atom. The minimum atomic E-state index is -3.53. The van der Waals surface area contributed by atoms with Crippen molar-refractivity contribution in [2.45, 2.75) is 83.7 Å². The van der Waals surface area contributed by atoms with Gasteiger partial charge in [0, 0.05) is 31.2 Å². The molecular formula is C31H40ClN7O5S. The number of sulfone groups is 1. The largest absolute Gasteiger partial charge is 0.489 e. The zero-order chi connectivity index (χ0) is 32.5. The fourth-order valence-electron chi connectivity index (χ4n) is 5.85. The van der Waals surface area contributed by atoms with Gasteiger partial charge in [-0.05, 0) is 77.5 Å². The maximum Gasteiger partial charge on any atom is 0.254 e. The summed E-state index contributed by atoms with van der Waals surface area (Å²) in [4.78, 5) is 42.5. The summed E-state index contributed by atoms with van der Waals surface area (Å²) >= 11 is 6.43. The molecule has 1 fully saturated rings. The maximum atomic E-state index is 13.6. The number of nitrogens with two attached hydrogens (primary N) is 1. The molecule has 3 aliphatic rings. The number of nitrogens with zero attached hydrogens (tertiary/aromatic N) is 5. The molecule has 0 radical (unpaired) electrons. The number of hydrogen-bond donors (Lipinski definition) is 2. The quantitative estimate of drug-likeness (QED) is 0.374. The topological polar surface area (TPSA) is 160 Å². The summed E-state index contributed by atoms with van der Waals surface area (Å²) < 4.78 is 32.2. The number of aliphatic imine (C=N–C) groups is 1. The van der Waals surface area contributed by atoms with Crippen LogP contribution in [0, 0.1) is 0 Å². The predicted molar refractivity (Wildman–Crippen MR) is 174 cm³/mol. The van der Waals surface area contributed by atoms with E-state index in [0.29, 0.717) is 55.2 Å². The monoisotopic (exact) mass is 657 g/mol. The summed E-state index contributed by atoms with van der Waals surface area (Å²) in [5, 5.41) is 2.78. The van der Waals surface area contributed by atoms with E-state index in [1.54, 1.807) is 26.0 Å². The zero-order valence-corrected chi connectivity index (χ0v) is 27.6. The first-order valence-corrected chi connectivity index (χ1v) is 17.2. The van der Waals surface area contributed by atoms with Gasteiger partial charge in [0.1, 0.15) is 10.8 Å². The SMILES string of the molecule is CC(C)Oc1cc2c(cc1Nc1ncc(Cl)c(N=C3CCCC=C3S(=O)(=O)C(C)C)n1)C(=O)N(C1CCN(CC(N)=O)CC1)C2. The van der Waals surface area contributed by atoms with Crippen molar-refractivity contribution in [3.63, 3.8) is 0 Å². The number of amides is 2. The standard InChI is InChI=1S/C31H40ClN7O5S/c1-18(2)44-26-13-20-16-39(21-9-11-38(12-10-21)17-28(33)40)30(41)22(20)14-25(26)36-31-34-15-23(32)29(37-31)35-24-7-5-6-8-27(24)45(42,43)19(3)4/h8,13-15,18-19,21H,5-7,9-12,16-17H2,1-4H3,(H2,33,40)(H,34,36,37). The van der Waals surface area contributed by atoms with Gasteiger partial charge in [-0.15, -0.1) is 0 Å². The van der Waals surface area contributed by atoms with Crippen LogP contribution < -0.4 is 15.8 Å². The van der Waals surface area contributed by atoms with Crippen molar-refractivity contribution >= 4 is 56.4 Å². The van der Waals surface area contributed by atoms with E-state index < -0.39 is 15.1 Å². The highest BCUT2D eigenvalue weighted by Gasteiger charge is 2.36. The minimum absolute atomic E-state index is 0.0550. The number of ether oxygens (including phenoxy) is 1. The van der Waals surface area contributed by atoms with Crippen molar-refractivity contribution in [1.82, 2.24) is 19.8 Å². The van der Waals surface area contributed by atoms with Crippen LogP contribution >= 0.6 is 11.6 Å². The molecule has 1 aromatic heterocycles. The Balaban J connectivity index is 1.41. The molecule has 0 bridgehead atoms. The molecule has 14 heteroatoms. The highest BCUT2D eigenvalue weighted by Crippen LogP contribution is 2.38. The van der Waals surface area contributed by atoms with Gasteiger partial charge < -0.3 is 20.7 Å². The third kappa shape index (κ3) is 7.31. The highest BCUT2D eigenvalue weighted by molar-refractivity contribution is 7.96. The van der Waals surface area contributed by atoms with Gasteiger partial charge in [-0.1, -0.05) is 17.7 Å². The van der Waals surface area contributed by atoms with E-state index in [-0.39, 0.29) is 52.2 Å². The molecule has 2 aliphatic heterocycles. The highest BCUT2D eigenvalue weighted by atomic mass is 35.5. The van der Waals surface area contributed by atoms with E-state index in [4.69, 9.17) is 22.1 Å².